The van der Waals surface area contributed by atoms with Gasteiger partial charge in [-0.25, -0.2) is 9.29 Å². The van der Waals surface area contributed by atoms with Gasteiger partial charge in [0.2, 0.25) is 11.8 Å². The van der Waals surface area contributed by atoms with Crippen LogP contribution in [0.1, 0.15) is 44.7 Å². The number of hydrogen-bond donors (Lipinski definition) is 2. The molecule has 2 N–H and O–H groups in total. The normalized spacial score (nSPS) is 17.3. The largest absolute Gasteiger partial charge is 0.350 e. The van der Waals surface area contributed by atoms with E-state index in [-0.39, 0.29) is 11.9 Å². The van der Waals surface area contributed by atoms with Crippen LogP contribution in [0.2, 0.25) is 0 Å². The van der Waals surface area contributed by atoms with Gasteiger partial charge in [-0.05, 0) is 56.4 Å². The van der Waals surface area contributed by atoms with Crippen molar-refractivity contribution < 1.29 is 14.4 Å². The summed E-state index contributed by atoms with van der Waals surface area (Å²) in [6.07, 6.45) is 5.52. The fourth-order valence-electron chi connectivity index (χ4n) is 4.67. The lowest BCUT2D eigenvalue weighted by molar-refractivity contribution is -0.135. The number of aldehydes is 1. The first-order valence-corrected chi connectivity index (χ1v) is 14.2. The third kappa shape index (κ3) is 9.37. The highest BCUT2D eigenvalue weighted by Crippen LogP contribution is 2.27. The molecule has 3 aromatic rings. The second-order valence-electron chi connectivity index (χ2n) is 9.76. The van der Waals surface area contributed by atoms with E-state index >= 15 is 0 Å². The number of rotatable bonds is 7. The van der Waals surface area contributed by atoms with Crippen LogP contribution < -0.4 is 5.32 Å². The number of amides is 2. The number of carbonyl (C=O) groups is 3. The summed E-state index contributed by atoms with van der Waals surface area (Å²) in [4.78, 5) is 41.3. The number of benzene rings is 2. The van der Waals surface area contributed by atoms with E-state index in [1.54, 1.807) is 18.3 Å². The van der Waals surface area contributed by atoms with Gasteiger partial charge in [-0.3, -0.25) is 9.59 Å². The molecule has 2 aromatic carbocycles. The Morgan fingerprint density at radius 2 is 1.97 bits per heavy atom. The van der Waals surface area contributed by atoms with Crippen molar-refractivity contribution in [1.29, 1.82) is 0 Å². The van der Waals surface area contributed by atoms with Gasteiger partial charge < -0.3 is 20.0 Å². The minimum Gasteiger partial charge on any atom is -0.350 e. The lowest BCUT2D eigenvalue weighted by atomic mass is 10.0. The van der Waals surface area contributed by atoms with Gasteiger partial charge in [-0.1, -0.05) is 60.5 Å². The van der Waals surface area contributed by atoms with E-state index in [1.807, 2.05) is 25.1 Å². The predicted octanol–water partition coefficient (Wildman–Crippen LogP) is 4.53. The minimum atomic E-state index is -0.0365. The quantitative estimate of drug-likeness (QED) is 0.255. The smallest absolute Gasteiger partial charge is 0.238 e. The molecule has 5 rings (SSSR count). The van der Waals surface area contributed by atoms with Crippen molar-refractivity contribution >= 4 is 41.1 Å². The SMILES string of the molecule is C=C(C)C(Cc1ccc2nc[nH]c2c1)NC(C)=O.CC=O.O=C1CN(SCc2ccccc2)CC2CCCN12. The van der Waals surface area contributed by atoms with Gasteiger partial charge in [0.05, 0.1) is 29.9 Å². The van der Waals surface area contributed by atoms with Gasteiger partial charge >= 0.3 is 0 Å². The Hall–Kier alpha value is -3.43. The zero-order valence-corrected chi connectivity index (χ0v) is 23.9. The molecule has 2 atom stereocenters. The van der Waals surface area contributed by atoms with E-state index in [2.05, 4.69) is 61.4 Å². The van der Waals surface area contributed by atoms with Gasteiger partial charge in [0.25, 0.3) is 0 Å². The van der Waals surface area contributed by atoms with Crippen molar-refractivity contribution in [2.24, 2.45) is 0 Å². The number of H-pyrrole nitrogens is 1. The fourth-order valence-corrected chi connectivity index (χ4v) is 5.68. The van der Waals surface area contributed by atoms with E-state index in [9.17, 15) is 9.59 Å². The van der Waals surface area contributed by atoms with E-state index in [4.69, 9.17) is 4.79 Å². The molecule has 2 amide bonds. The molecule has 208 valence electrons. The number of piperazine rings is 1. The Morgan fingerprint density at radius 1 is 1.23 bits per heavy atom. The molecular formula is C30H39N5O3S. The lowest BCUT2D eigenvalue weighted by Gasteiger charge is -2.36. The first-order chi connectivity index (χ1) is 18.8. The molecule has 1 aromatic heterocycles. The van der Waals surface area contributed by atoms with Gasteiger partial charge in [0.15, 0.2) is 0 Å². The number of aromatic amines is 1. The molecule has 39 heavy (non-hydrogen) atoms. The predicted molar refractivity (Wildman–Crippen MR) is 158 cm³/mol. The van der Waals surface area contributed by atoms with Gasteiger partial charge in [0, 0.05) is 31.8 Å². The Morgan fingerprint density at radius 3 is 2.67 bits per heavy atom. The maximum atomic E-state index is 12.0. The molecule has 0 saturated carbocycles. The van der Waals surface area contributed by atoms with E-state index in [0.29, 0.717) is 18.5 Å². The van der Waals surface area contributed by atoms with Crippen molar-refractivity contribution in [3.63, 3.8) is 0 Å². The molecule has 9 heteroatoms. The molecular weight excluding hydrogens is 510 g/mol. The maximum absolute atomic E-state index is 12.0. The van der Waals surface area contributed by atoms with Crippen LogP contribution >= 0.6 is 11.9 Å². The molecule has 0 spiro atoms. The van der Waals surface area contributed by atoms with Crippen molar-refractivity contribution in [3.8, 4) is 0 Å². The molecule has 2 unspecified atom stereocenters. The third-order valence-corrected chi connectivity index (χ3v) is 7.68. The van der Waals surface area contributed by atoms with Crippen LogP contribution in [0.5, 0.6) is 0 Å². The minimum absolute atomic E-state index is 0.0251. The summed E-state index contributed by atoms with van der Waals surface area (Å²) in [5.41, 5.74) is 5.38. The molecule has 8 nitrogen and oxygen atoms in total. The van der Waals surface area contributed by atoms with Gasteiger partial charge in [-0.2, -0.15) is 0 Å². The third-order valence-electron chi connectivity index (χ3n) is 6.58. The summed E-state index contributed by atoms with van der Waals surface area (Å²) in [6, 6.07) is 16.9. The molecule has 2 fully saturated rings. The van der Waals surface area contributed by atoms with Crippen LogP contribution in [0.4, 0.5) is 0 Å². The van der Waals surface area contributed by atoms with Crippen LogP contribution in [0.15, 0.2) is 67.0 Å². The van der Waals surface area contributed by atoms with Crippen molar-refractivity contribution in [3.05, 3.63) is 78.1 Å². The van der Waals surface area contributed by atoms with Crippen molar-refractivity contribution in [2.45, 2.75) is 57.9 Å². The molecule has 0 bridgehead atoms. The Kier molecular flexibility index (Phi) is 11.8. The van der Waals surface area contributed by atoms with Gasteiger partial charge in [0.1, 0.15) is 6.29 Å². The van der Waals surface area contributed by atoms with E-state index in [0.717, 1.165) is 53.7 Å². The van der Waals surface area contributed by atoms with Crippen LogP contribution in [0.3, 0.4) is 0 Å². The number of aromatic nitrogens is 2. The first kappa shape index (κ1) is 30.1. The molecule has 2 aliphatic heterocycles. The molecule has 2 aliphatic rings. The molecule has 3 heterocycles. The Labute approximate surface area is 235 Å². The lowest BCUT2D eigenvalue weighted by Crippen LogP contribution is -2.51. The zero-order chi connectivity index (χ0) is 28.2. The number of fused-ring (bicyclic) bond motifs is 2. The summed E-state index contributed by atoms with van der Waals surface area (Å²) >= 11 is 1.79. The second-order valence-corrected chi connectivity index (χ2v) is 10.8. The van der Waals surface area contributed by atoms with E-state index in [1.165, 1.54) is 32.3 Å². The van der Waals surface area contributed by atoms with Crippen LogP contribution in [0, 0.1) is 0 Å². The summed E-state index contributed by atoms with van der Waals surface area (Å²) in [7, 11) is 0. The average Bonchev–Trinajstić information content (AvgIpc) is 3.58. The topological polar surface area (TPSA) is 98.4 Å². The zero-order valence-electron chi connectivity index (χ0n) is 23.1. The summed E-state index contributed by atoms with van der Waals surface area (Å²) < 4.78 is 2.24. The highest BCUT2D eigenvalue weighted by Gasteiger charge is 2.35. The summed E-state index contributed by atoms with van der Waals surface area (Å²) in [5, 5.41) is 2.91. The number of carbonyl (C=O) groups excluding carboxylic acids is 3. The van der Waals surface area contributed by atoms with Gasteiger partial charge in [-0.15, -0.1) is 0 Å². The van der Waals surface area contributed by atoms with E-state index < -0.39 is 0 Å². The Bertz CT molecular complexity index is 1250. The van der Waals surface area contributed by atoms with Crippen molar-refractivity contribution in [1.82, 2.24) is 24.5 Å². The summed E-state index contributed by atoms with van der Waals surface area (Å²) in [5.74, 6) is 1.23. The monoisotopic (exact) mass is 549 g/mol. The maximum Gasteiger partial charge on any atom is 0.238 e. The van der Waals surface area contributed by atoms with Crippen molar-refractivity contribution in [2.75, 3.05) is 19.6 Å². The molecule has 2 saturated heterocycles. The van der Waals surface area contributed by atoms with Crippen LogP contribution in [-0.2, 0) is 26.6 Å². The average molecular weight is 550 g/mol. The number of imidazole rings is 1. The molecule has 0 radical (unpaired) electrons. The number of hydrogen-bond acceptors (Lipinski definition) is 6. The first-order valence-electron chi connectivity index (χ1n) is 13.3. The molecule has 0 aliphatic carbocycles. The fraction of sp³-hybridized carbons (Fsp3) is 0.400. The summed E-state index contributed by atoms with van der Waals surface area (Å²) in [6.45, 7) is 11.4. The van der Waals surface area contributed by atoms with Crippen LogP contribution in [0.25, 0.3) is 11.0 Å². The Balaban J connectivity index is 0.000000196. The number of nitrogens with one attached hydrogen (secondary N) is 2. The highest BCUT2D eigenvalue weighted by atomic mass is 32.2. The standard InChI is InChI=1S/C14H17N3O.C14H18N2OS.C2H4O/c1-9(2)13(17-10(3)18)6-11-4-5-12-14(7-11)16-8-15-12;17-14-10-15(9-13-7-4-8-16(13)14)18-11-12-5-2-1-3-6-12;1-2-3/h4-5,7-8,13H,1,6H2,2-3H3,(H,15,16)(H,17,18);1-3,5-6,13H,4,7-11H2;2H,1H3. The second kappa shape index (κ2) is 15.2. The van der Waals surface area contributed by atoms with Crippen LogP contribution in [-0.4, -0.2) is 69.0 Å². The number of nitrogens with zero attached hydrogens (tertiary/aromatic N) is 3. The highest BCUT2D eigenvalue weighted by molar-refractivity contribution is 7.96.